The lowest BCUT2D eigenvalue weighted by Gasteiger charge is -2.25. The molecular formula is C17H26N2O. The quantitative estimate of drug-likeness (QED) is 0.871. The largest absolute Gasteiger partial charge is 0.459 e. The number of para-hydroxylation sites is 1. The van der Waals surface area contributed by atoms with Crippen molar-refractivity contribution < 1.29 is 4.42 Å². The molecule has 2 aromatic rings. The topological polar surface area (TPSA) is 42.4 Å². The first-order valence-electron chi connectivity index (χ1n) is 7.43. The molecular weight excluding hydrogens is 248 g/mol. The predicted octanol–water partition coefficient (Wildman–Crippen LogP) is 3.80. The molecule has 110 valence electrons. The number of rotatable bonds is 6. The molecule has 0 bridgehead atoms. The van der Waals surface area contributed by atoms with E-state index in [1.807, 2.05) is 18.2 Å². The summed E-state index contributed by atoms with van der Waals surface area (Å²) >= 11 is 0. The Labute approximate surface area is 121 Å². The Morgan fingerprint density at radius 1 is 1.20 bits per heavy atom. The Hall–Kier alpha value is -1.32. The third-order valence-corrected chi connectivity index (χ3v) is 4.19. The minimum absolute atomic E-state index is 0.264. The van der Waals surface area contributed by atoms with Crippen LogP contribution in [0, 0.1) is 5.92 Å². The van der Waals surface area contributed by atoms with E-state index in [1.165, 1.54) is 5.39 Å². The molecule has 3 heteroatoms. The molecule has 0 fully saturated rings. The maximum absolute atomic E-state index is 6.11. The highest BCUT2D eigenvalue weighted by Gasteiger charge is 2.17. The van der Waals surface area contributed by atoms with E-state index in [-0.39, 0.29) is 12.1 Å². The lowest BCUT2D eigenvalue weighted by molar-refractivity contribution is 0.220. The lowest BCUT2D eigenvalue weighted by atomic mass is 10.0. The molecule has 2 atom stereocenters. The summed E-state index contributed by atoms with van der Waals surface area (Å²) in [6, 6.07) is 10.8. The van der Waals surface area contributed by atoms with Crippen LogP contribution in [0.1, 0.15) is 39.0 Å². The molecule has 0 aliphatic rings. The van der Waals surface area contributed by atoms with Gasteiger partial charge in [-0.15, -0.1) is 0 Å². The van der Waals surface area contributed by atoms with E-state index in [0.29, 0.717) is 5.92 Å². The van der Waals surface area contributed by atoms with Crippen LogP contribution in [0.5, 0.6) is 0 Å². The van der Waals surface area contributed by atoms with Gasteiger partial charge in [-0.25, -0.2) is 0 Å². The van der Waals surface area contributed by atoms with Gasteiger partial charge >= 0.3 is 0 Å². The highest BCUT2D eigenvalue weighted by atomic mass is 16.3. The summed E-state index contributed by atoms with van der Waals surface area (Å²) in [7, 11) is 2.13. The SMILES string of the molecule is CC(C)C(N)CCN(C)C(C)c1cc2ccccc2o1. The fraction of sp³-hybridized carbons (Fsp3) is 0.529. The zero-order valence-corrected chi connectivity index (χ0v) is 13.0. The van der Waals surface area contributed by atoms with Gasteiger partial charge in [-0.3, -0.25) is 4.90 Å². The van der Waals surface area contributed by atoms with Crippen molar-refractivity contribution in [1.29, 1.82) is 0 Å². The van der Waals surface area contributed by atoms with Gasteiger partial charge in [0, 0.05) is 18.0 Å². The highest BCUT2D eigenvalue weighted by Crippen LogP contribution is 2.26. The van der Waals surface area contributed by atoms with Gasteiger partial charge in [-0.05, 0) is 38.4 Å². The number of fused-ring (bicyclic) bond motifs is 1. The molecule has 1 heterocycles. The third kappa shape index (κ3) is 3.41. The first kappa shape index (κ1) is 15.1. The fourth-order valence-electron chi connectivity index (χ4n) is 2.31. The summed E-state index contributed by atoms with van der Waals surface area (Å²) in [5.74, 6) is 1.55. The molecule has 0 saturated carbocycles. The number of hydrogen-bond acceptors (Lipinski definition) is 3. The monoisotopic (exact) mass is 274 g/mol. The Balaban J connectivity index is 2.00. The Kier molecular flexibility index (Phi) is 4.84. The van der Waals surface area contributed by atoms with Gasteiger partial charge in [0.2, 0.25) is 0 Å². The lowest BCUT2D eigenvalue weighted by Crippen LogP contribution is -2.32. The molecule has 0 saturated heterocycles. The van der Waals surface area contributed by atoms with Gasteiger partial charge in [0.25, 0.3) is 0 Å². The first-order chi connectivity index (χ1) is 9.49. The van der Waals surface area contributed by atoms with E-state index in [9.17, 15) is 0 Å². The van der Waals surface area contributed by atoms with Crippen LogP contribution in [-0.4, -0.2) is 24.5 Å². The number of nitrogens with zero attached hydrogens (tertiary/aromatic N) is 1. The fourth-order valence-corrected chi connectivity index (χ4v) is 2.31. The second-order valence-corrected chi connectivity index (χ2v) is 6.04. The molecule has 20 heavy (non-hydrogen) atoms. The van der Waals surface area contributed by atoms with E-state index in [4.69, 9.17) is 10.2 Å². The van der Waals surface area contributed by atoms with E-state index >= 15 is 0 Å². The first-order valence-corrected chi connectivity index (χ1v) is 7.43. The zero-order valence-electron chi connectivity index (χ0n) is 13.0. The normalized spacial score (nSPS) is 15.2. The second-order valence-electron chi connectivity index (χ2n) is 6.04. The van der Waals surface area contributed by atoms with E-state index < -0.39 is 0 Å². The highest BCUT2D eigenvalue weighted by molar-refractivity contribution is 5.77. The van der Waals surface area contributed by atoms with Crippen molar-refractivity contribution in [1.82, 2.24) is 4.90 Å². The van der Waals surface area contributed by atoms with Gasteiger partial charge in [-0.1, -0.05) is 32.0 Å². The van der Waals surface area contributed by atoms with Crippen LogP contribution in [0.15, 0.2) is 34.7 Å². The molecule has 1 aromatic carbocycles. The number of benzene rings is 1. The van der Waals surface area contributed by atoms with Crippen LogP contribution in [0.25, 0.3) is 11.0 Å². The molecule has 1 aromatic heterocycles. The molecule has 0 aliphatic carbocycles. The summed E-state index contributed by atoms with van der Waals surface area (Å²) < 4.78 is 5.93. The van der Waals surface area contributed by atoms with Crippen LogP contribution in [0.2, 0.25) is 0 Å². The number of hydrogen-bond donors (Lipinski definition) is 1. The molecule has 3 nitrogen and oxygen atoms in total. The molecule has 0 amide bonds. The Bertz CT molecular complexity index is 514. The summed E-state index contributed by atoms with van der Waals surface area (Å²) in [6.07, 6.45) is 1.01. The average molecular weight is 274 g/mol. The maximum atomic E-state index is 6.11. The molecule has 2 N–H and O–H groups in total. The maximum Gasteiger partial charge on any atom is 0.134 e. The smallest absolute Gasteiger partial charge is 0.134 e. The van der Waals surface area contributed by atoms with Crippen molar-refractivity contribution in [3.8, 4) is 0 Å². The Morgan fingerprint density at radius 3 is 2.55 bits per heavy atom. The number of furan rings is 1. The van der Waals surface area contributed by atoms with Crippen molar-refractivity contribution in [2.24, 2.45) is 11.7 Å². The van der Waals surface area contributed by atoms with Crippen LogP contribution in [-0.2, 0) is 0 Å². The summed E-state index contributed by atoms with van der Waals surface area (Å²) in [6.45, 7) is 7.51. The van der Waals surface area contributed by atoms with Gasteiger partial charge in [0.15, 0.2) is 0 Å². The van der Waals surface area contributed by atoms with Crippen LogP contribution < -0.4 is 5.73 Å². The van der Waals surface area contributed by atoms with Gasteiger partial charge < -0.3 is 10.2 Å². The predicted molar refractivity (Wildman–Crippen MR) is 84.7 cm³/mol. The van der Waals surface area contributed by atoms with Crippen molar-refractivity contribution >= 4 is 11.0 Å². The molecule has 0 spiro atoms. The van der Waals surface area contributed by atoms with Crippen molar-refractivity contribution in [3.63, 3.8) is 0 Å². The minimum atomic E-state index is 0.264. The summed E-state index contributed by atoms with van der Waals surface area (Å²) in [4.78, 5) is 2.31. The molecule has 2 unspecified atom stereocenters. The van der Waals surface area contributed by atoms with Crippen LogP contribution in [0.4, 0.5) is 0 Å². The molecule has 0 radical (unpaired) electrons. The molecule has 2 rings (SSSR count). The van der Waals surface area contributed by atoms with Gasteiger partial charge in [0.1, 0.15) is 11.3 Å². The Morgan fingerprint density at radius 2 is 1.90 bits per heavy atom. The van der Waals surface area contributed by atoms with Crippen molar-refractivity contribution in [3.05, 3.63) is 36.1 Å². The van der Waals surface area contributed by atoms with E-state index in [2.05, 4.69) is 44.9 Å². The minimum Gasteiger partial charge on any atom is -0.459 e. The van der Waals surface area contributed by atoms with Crippen molar-refractivity contribution in [2.45, 2.75) is 39.3 Å². The van der Waals surface area contributed by atoms with Gasteiger partial charge in [0.05, 0.1) is 6.04 Å². The van der Waals surface area contributed by atoms with E-state index in [1.54, 1.807) is 0 Å². The third-order valence-electron chi connectivity index (χ3n) is 4.19. The molecule has 0 aliphatic heterocycles. The summed E-state index contributed by atoms with van der Waals surface area (Å²) in [5, 5.41) is 1.17. The summed E-state index contributed by atoms with van der Waals surface area (Å²) in [5.41, 5.74) is 7.07. The number of nitrogens with two attached hydrogens (primary N) is 1. The standard InChI is InChI=1S/C17H26N2O/c1-12(2)15(18)9-10-19(4)13(3)17-11-14-7-5-6-8-16(14)20-17/h5-8,11-13,15H,9-10,18H2,1-4H3. The van der Waals surface area contributed by atoms with Gasteiger partial charge in [-0.2, -0.15) is 0 Å². The average Bonchev–Trinajstić information content (AvgIpc) is 2.87. The van der Waals surface area contributed by atoms with Crippen LogP contribution >= 0.6 is 0 Å². The van der Waals surface area contributed by atoms with Crippen LogP contribution in [0.3, 0.4) is 0 Å². The zero-order chi connectivity index (χ0) is 14.7. The van der Waals surface area contributed by atoms with Crippen molar-refractivity contribution in [2.75, 3.05) is 13.6 Å². The van der Waals surface area contributed by atoms with E-state index in [0.717, 1.165) is 24.3 Å². The second kappa shape index (κ2) is 6.42.